The molecular formula is C18H16N2O3S. The molecular weight excluding hydrogens is 324 g/mol. The summed E-state index contributed by atoms with van der Waals surface area (Å²) >= 11 is 1.71. The Morgan fingerprint density at radius 1 is 1.29 bits per heavy atom. The Morgan fingerprint density at radius 2 is 2.12 bits per heavy atom. The van der Waals surface area contributed by atoms with Gasteiger partial charge in [0.2, 0.25) is 0 Å². The Morgan fingerprint density at radius 3 is 2.92 bits per heavy atom. The van der Waals surface area contributed by atoms with E-state index in [0.29, 0.717) is 18.0 Å². The van der Waals surface area contributed by atoms with Crippen LogP contribution >= 0.6 is 11.3 Å². The van der Waals surface area contributed by atoms with Gasteiger partial charge < -0.3 is 14.6 Å². The molecule has 5 nitrogen and oxygen atoms in total. The maximum atomic E-state index is 12.5. The number of ether oxygens (including phenoxy) is 1. The van der Waals surface area contributed by atoms with Crippen molar-refractivity contribution in [3.63, 3.8) is 0 Å². The van der Waals surface area contributed by atoms with Crippen molar-refractivity contribution in [2.75, 3.05) is 11.9 Å². The summed E-state index contributed by atoms with van der Waals surface area (Å²) in [6.07, 6.45) is 1.70. The van der Waals surface area contributed by atoms with E-state index < -0.39 is 0 Å². The number of rotatable bonds is 4. The van der Waals surface area contributed by atoms with E-state index >= 15 is 0 Å². The fraction of sp³-hybridized carbons (Fsp3) is 0.222. The Bertz CT molecular complexity index is 880. The van der Waals surface area contributed by atoms with Gasteiger partial charge in [0, 0.05) is 21.7 Å². The van der Waals surface area contributed by atoms with Crippen LogP contribution in [-0.2, 0) is 12.8 Å². The SMILES string of the molecule is CCOc1ccc(NC(=O)c2noc3c2CCc2sccc2-3)cc1. The highest BCUT2D eigenvalue weighted by Crippen LogP contribution is 2.38. The molecule has 0 radical (unpaired) electrons. The molecule has 0 saturated carbocycles. The summed E-state index contributed by atoms with van der Waals surface area (Å²) in [6.45, 7) is 2.55. The molecule has 0 aliphatic heterocycles. The predicted octanol–water partition coefficient (Wildman–Crippen LogP) is 4.15. The highest BCUT2D eigenvalue weighted by Gasteiger charge is 2.28. The van der Waals surface area contributed by atoms with Gasteiger partial charge in [-0.25, -0.2) is 0 Å². The number of amides is 1. The second-order valence-electron chi connectivity index (χ2n) is 5.51. The van der Waals surface area contributed by atoms with Gasteiger partial charge in [-0.1, -0.05) is 5.16 Å². The zero-order valence-electron chi connectivity index (χ0n) is 13.2. The van der Waals surface area contributed by atoms with Gasteiger partial charge in [-0.2, -0.15) is 0 Å². The molecule has 24 heavy (non-hydrogen) atoms. The lowest BCUT2D eigenvalue weighted by molar-refractivity contribution is 0.101. The topological polar surface area (TPSA) is 64.4 Å². The summed E-state index contributed by atoms with van der Waals surface area (Å²) in [4.78, 5) is 13.8. The number of nitrogens with zero attached hydrogens (tertiary/aromatic N) is 1. The number of aromatic nitrogens is 1. The predicted molar refractivity (Wildman–Crippen MR) is 92.8 cm³/mol. The summed E-state index contributed by atoms with van der Waals surface area (Å²) in [5.74, 6) is 1.26. The minimum absolute atomic E-state index is 0.247. The van der Waals surface area contributed by atoms with Crippen LogP contribution in [0.2, 0.25) is 0 Å². The van der Waals surface area contributed by atoms with E-state index in [0.717, 1.165) is 35.5 Å². The fourth-order valence-corrected chi connectivity index (χ4v) is 3.77. The number of nitrogens with one attached hydrogen (secondary N) is 1. The minimum Gasteiger partial charge on any atom is -0.494 e. The molecule has 4 rings (SSSR count). The molecule has 6 heteroatoms. The molecule has 0 saturated heterocycles. The molecule has 0 fully saturated rings. The van der Waals surface area contributed by atoms with Gasteiger partial charge in [0.15, 0.2) is 11.5 Å². The summed E-state index contributed by atoms with van der Waals surface area (Å²) in [6, 6.07) is 9.31. The third-order valence-electron chi connectivity index (χ3n) is 4.02. The highest BCUT2D eigenvalue weighted by atomic mass is 32.1. The first-order valence-corrected chi connectivity index (χ1v) is 8.73. The standard InChI is InChI=1S/C18H16N2O3S/c1-2-22-12-5-3-11(4-6-12)19-18(21)16-14-7-8-15-13(9-10-24-15)17(14)23-20-16/h3-6,9-10H,2,7-8H2,1H3,(H,19,21). The second kappa shape index (κ2) is 6.13. The van der Waals surface area contributed by atoms with Gasteiger partial charge in [-0.15, -0.1) is 11.3 Å². The Kier molecular flexibility index (Phi) is 3.82. The summed E-state index contributed by atoms with van der Waals surface area (Å²) < 4.78 is 10.9. The number of fused-ring (bicyclic) bond motifs is 3. The van der Waals surface area contributed by atoms with Crippen LogP contribution in [0.15, 0.2) is 40.2 Å². The van der Waals surface area contributed by atoms with Crippen molar-refractivity contribution >= 4 is 22.9 Å². The van der Waals surface area contributed by atoms with Crippen LogP contribution in [-0.4, -0.2) is 17.7 Å². The third-order valence-corrected chi connectivity index (χ3v) is 5.00. The van der Waals surface area contributed by atoms with Crippen molar-refractivity contribution < 1.29 is 14.1 Å². The molecule has 0 spiro atoms. The van der Waals surface area contributed by atoms with Gasteiger partial charge in [0.05, 0.1) is 6.61 Å². The van der Waals surface area contributed by atoms with Crippen molar-refractivity contribution in [2.24, 2.45) is 0 Å². The van der Waals surface area contributed by atoms with E-state index in [1.54, 1.807) is 11.3 Å². The average Bonchev–Trinajstić information content (AvgIpc) is 3.22. The number of anilines is 1. The molecule has 2 heterocycles. The van der Waals surface area contributed by atoms with Crippen molar-refractivity contribution in [3.05, 3.63) is 51.8 Å². The molecule has 0 bridgehead atoms. The van der Waals surface area contributed by atoms with Gasteiger partial charge in [-0.3, -0.25) is 4.79 Å². The van der Waals surface area contributed by atoms with Gasteiger partial charge in [0.25, 0.3) is 5.91 Å². The first-order chi connectivity index (χ1) is 11.8. The molecule has 1 aliphatic rings. The average molecular weight is 340 g/mol. The Balaban J connectivity index is 1.56. The zero-order chi connectivity index (χ0) is 16.5. The van der Waals surface area contributed by atoms with Crippen LogP contribution in [0.25, 0.3) is 11.3 Å². The third kappa shape index (κ3) is 2.59. The summed E-state index contributed by atoms with van der Waals surface area (Å²) in [5, 5.41) is 8.92. The van der Waals surface area contributed by atoms with E-state index in [1.165, 1.54) is 4.88 Å². The van der Waals surface area contributed by atoms with Crippen molar-refractivity contribution in [1.82, 2.24) is 5.16 Å². The van der Waals surface area contributed by atoms with Crippen LogP contribution in [0.3, 0.4) is 0 Å². The number of hydrogen-bond donors (Lipinski definition) is 1. The zero-order valence-corrected chi connectivity index (χ0v) is 14.0. The van der Waals surface area contributed by atoms with E-state index in [2.05, 4.69) is 10.5 Å². The van der Waals surface area contributed by atoms with Gasteiger partial charge in [0.1, 0.15) is 5.75 Å². The van der Waals surface area contributed by atoms with Crippen LogP contribution < -0.4 is 10.1 Å². The van der Waals surface area contributed by atoms with E-state index in [-0.39, 0.29) is 5.91 Å². The molecule has 1 N–H and O–H groups in total. The lowest BCUT2D eigenvalue weighted by atomic mass is 9.95. The Hall–Kier alpha value is -2.60. The molecule has 1 aromatic carbocycles. The lowest BCUT2D eigenvalue weighted by Crippen LogP contribution is -2.15. The van der Waals surface area contributed by atoms with Gasteiger partial charge >= 0.3 is 0 Å². The summed E-state index contributed by atoms with van der Waals surface area (Å²) in [5.41, 5.74) is 3.03. The lowest BCUT2D eigenvalue weighted by Gasteiger charge is -2.10. The number of carbonyl (C=O) groups excluding carboxylic acids is 1. The largest absolute Gasteiger partial charge is 0.494 e. The van der Waals surface area contributed by atoms with Crippen LogP contribution in [0.4, 0.5) is 5.69 Å². The normalized spacial score (nSPS) is 12.4. The number of hydrogen-bond acceptors (Lipinski definition) is 5. The molecule has 3 aromatic rings. The summed E-state index contributed by atoms with van der Waals surface area (Å²) in [7, 11) is 0. The van der Waals surface area contributed by atoms with Crippen molar-refractivity contribution in [3.8, 4) is 17.1 Å². The number of thiophene rings is 1. The van der Waals surface area contributed by atoms with Crippen molar-refractivity contribution in [2.45, 2.75) is 19.8 Å². The van der Waals surface area contributed by atoms with E-state index in [4.69, 9.17) is 9.26 Å². The first kappa shape index (κ1) is 15.0. The van der Waals surface area contributed by atoms with Crippen molar-refractivity contribution in [1.29, 1.82) is 0 Å². The number of benzene rings is 1. The number of carbonyl (C=O) groups is 1. The van der Waals surface area contributed by atoms with Crippen LogP contribution in [0.1, 0.15) is 27.9 Å². The maximum Gasteiger partial charge on any atom is 0.278 e. The first-order valence-electron chi connectivity index (χ1n) is 7.85. The minimum atomic E-state index is -0.247. The van der Waals surface area contributed by atoms with E-state index in [9.17, 15) is 4.79 Å². The fourth-order valence-electron chi connectivity index (χ4n) is 2.90. The molecule has 2 aromatic heterocycles. The molecule has 1 amide bonds. The quantitative estimate of drug-likeness (QED) is 0.775. The smallest absolute Gasteiger partial charge is 0.278 e. The monoisotopic (exact) mass is 340 g/mol. The molecule has 1 aliphatic carbocycles. The maximum absolute atomic E-state index is 12.5. The van der Waals surface area contributed by atoms with Gasteiger partial charge in [-0.05, 0) is 55.5 Å². The highest BCUT2D eigenvalue weighted by molar-refractivity contribution is 7.10. The van der Waals surface area contributed by atoms with Crippen LogP contribution in [0.5, 0.6) is 5.75 Å². The molecule has 0 atom stereocenters. The second-order valence-corrected chi connectivity index (χ2v) is 6.51. The molecule has 122 valence electrons. The van der Waals surface area contributed by atoms with Crippen LogP contribution in [0, 0.1) is 0 Å². The van der Waals surface area contributed by atoms with E-state index in [1.807, 2.05) is 42.6 Å². The number of aryl methyl sites for hydroxylation is 1. The Labute approximate surface area is 143 Å². The molecule has 0 unspecified atom stereocenters.